The Balaban J connectivity index is -0.000000407. The second-order valence-electron chi connectivity index (χ2n) is 8.95. The largest absolute Gasteiger partial charge is 0.142 e. The van der Waals surface area contributed by atoms with Gasteiger partial charge in [-0.1, -0.05) is 110 Å². The van der Waals surface area contributed by atoms with E-state index < -0.39 is 0 Å². The summed E-state index contributed by atoms with van der Waals surface area (Å²) in [5, 5.41) is 0. The van der Waals surface area contributed by atoms with E-state index in [0.29, 0.717) is 0 Å². The van der Waals surface area contributed by atoms with Crippen LogP contribution in [0.25, 0.3) is 5.57 Å². The number of hydrogen-bond donors (Lipinski definition) is 0. The predicted octanol–water partition coefficient (Wildman–Crippen LogP) is 11.6. The molecule has 0 aromatic heterocycles. The van der Waals surface area contributed by atoms with Gasteiger partial charge >= 0.3 is 0 Å². The molecule has 0 bridgehead atoms. The van der Waals surface area contributed by atoms with Crippen LogP contribution in [0.15, 0.2) is 55.2 Å². The molecule has 1 aliphatic rings. The maximum atomic E-state index is 4.29. The molecule has 2 rings (SSSR count). The third-order valence-corrected chi connectivity index (χ3v) is 5.59. The zero-order valence-corrected chi connectivity index (χ0v) is 29.0. The Bertz CT molecular complexity index is 818. The third kappa shape index (κ3) is 15.2. The first-order valence-electron chi connectivity index (χ1n) is 13.7. The molecule has 0 saturated heterocycles. The molecule has 0 unspecified atom stereocenters. The molecule has 0 amide bonds. The first-order chi connectivity index (χ1) is 16.6. The summed E-state index contributed by atoms with van der Waals surface area (Å²) in [6.07, 6.45) is 10.1. The van der Waals surface area contributed by atoms with Crippen molar-refractivity contribution < 1.29 is 32.7 Å². The molecule has 1 aliphatic carbocycles. The number of aryl methyl sites for hydroxylation is 1. The molecule has 0 nitrogen and oxygen atoms in total. The van der Waals surface area contributed by atoms with Crippen molar-refractivity contribution in [3.8, 4) is 11.8 Å². The molecule has 1 fully saturated rings. The van der Waals surface area contributed by atoms with Crippen LogP contribution in [0.3, 0.4) is 0 Å². The van der Waals surface area contributed by atoms with E-state index in [4.69, 9.17) is 0 Å². The molecule has 201 valence electrons. The van der Waals surface area contributed by atoms with Gasteiger partial charge in [0.25, 0.3) is 0 Å². The van der Waals surface area contributed by atoms with Crippen LogP contribution in [-0.2, 0) is 32.7 Å². The summed E-state index contributed by atoms with van der Waals surface area (Å²) in [5.41, 5.74) is 7.17. The molecular weight excluding hydrogens is 509 g/mol. The molecule has 0 aliphatic heterocycles. The van der Waals surface area contributed by atoms with Crippen LogP contribution in [-0.4, -0.2) is 0 Å². The van der Waals surface area contributed by atoms with E-state index in [1.165, 1.54) is 48.8 Å². The van der Waals surface area contributed by atoms with Gasteiger partial charge in [0.15, 0.2) is 0 Å². The average Bonchev–Trinajstić information content (AvgIpc) is 2.84. The number of rotatable bonds is 4. The fourth-order valence-electron chi connectivity index (χ4n) is 3.99. The van der Waals surface area contributed by atoms with Gasteiger partial charge < -0.3 is 0 Å². The quantitative estimate of drug-likeness (QED) is 0.147. The molecule has 0 heterocycles. The minimum Gasteiger partial charge on any atom is -0.142 e. The van der Waals surface area contributed by atoms with Gasteiger partial charge in [0.2, 0.25) is 0 Å². The first kappa shape index (κ1) is 42.0. The average molecular weight is 567 g/mol. The summed E-state index contributed by atoms with van der Waals surface area (Å²) in [5.74, 6) is 6.91. The fourth-order valence-corrected chi connectivity index (χ4v) is 3.99. The first-order valence-corrected chi connectivity index (χ1v) is 13.7. The standard InChI is InChI=1S/C25H31.C3H8.C3H6.2C2H6.Y/c1-8-10-21-11-12-22(20(6)17-21)24(18(3)4)23(9-2)25(7)15-13-19(5)14-16-25;2*1-3-2;2*1-2;/h9,11,17,19H,2-3,13-16H2,1,4-7H3;3H2,1-2H3;3H,1H2,2H3;2*1-2H3;/q-1;;;;;/b24-23+;;;;;. The molecule has 0 N–H and O–H groups in total. The van der Waals surface area contributed by atoms with Crippen molar-refractivity contribution in [2.45, 2.75) is 115 Å². The van der Waals surface area contributed by atoms with Gasteiger partial charge in [-0.3, -0.25) is 0 Å². The Labute approximate surface area is 253 Å². The monoisotopic (exact) mass is 566 g/mol. The molecule has 36 heavy (non-hydrogen) atoms. The van der Waals surface area contributed by atoms with Crippen LogP contribution >= 0.6 is 0 Å². The summed E-state index contributed by atoms with van der Waals surface area (Å²) in [6, 6.07) is 7.63. The van der Waals surface area contributed by atoms with Crippen molar-refractivity contribution >= 4 is 5.57 Å². The Morgan fingerprint density at radius 1 is 1.14 bits per heavy atom. The molecule has 0 spiro atoms. The van der Waals surface area contributed by atoms with Crippen LogP contribution in [0.5, 0.6) is 0 Å². The van der Waals surface area contributed by atoms with Crippen LogP contribution in [0.1, 0.15) is 125 Å². The van der Waals surface area contributed by atoms with Gasteiger partial charge in [0.1, 0.15) is 0 Å². The van der Waals surface area contributed by atoms with Gasteiger partial charge in [-0.2, -0.15) is 0 Å². The summed E-state index contributed by atoms with van der Waals surface area (Å²) >= 11 is 0. The van der Waals surface area contributed by atoms with Gasteiger partial charge in [-0.05, 0) is 57.8 Å². The summed E-state index contributed by atoms with van der Waals surface area (Å²) in [7, 11) is 0. The van der Waals surface area contributed by atoms with Crippen molar-refractivity contribution in [3.63, 3.8) is 0 Å². The van der Waals surface area contributed by atoms with Gasteiger partial charge in [0, 0.05) is 32.7 Å². The SMILES string of the molecule is C=C/C(=C(/C(=C)C)c1[c-]cc(C#CC)cc1C)C1(C)CCC(C)CC1.C=CC.CC.CC.CCC.[Y]. The number of hydrogen-bond acceptors (Lipinski definition) is 0. The van der Waals surface area contributed by atoms with Crippen molar-refractivity contribution in [2.75, 3.05) is 0 Å². The molecular formula is C35H57Y-. The van der Waals surface area contributed by atoms with Crippen molar-refractivity contribution in [1.82, 2.24) is 0 Å². The van der Waals surface area contributed by atoms with Crippen molar-refractivity contribution in [1.29, 1.82) is 0 Å². The van der Waals surface area contributed by atoms with E-state index in [9.17, 15) is 0 Å². The Hall–Kier alpha value is -1.16. The topological polar surface area (TPSA) is 0 Å². The fraction of sp³-hybridized carbons (Fsp3) is 0.543. The molecule has 1 radical (unpaired) electrons. The van der Waals surface area contributed by atoms with E-state index >= 15 is 0 Å². The van der Waals surface area contributed by atoms with E-state index in [0.717, 1.165) is 22.6 Å². The molecule has 1 aromatic carbocycles. The van der Waals surface area contributed by atoms with Crippen LogP contribution in [0, 0.1) is 36.2 Å². The van der Waals surface area contributed by atoms with Gasteiger partial charge in [-0.25, -0.2) is 0 Å². The smallest absolute Gasteiger partial charge is 0 e. The van der Waals surface area contributed by atoms with Crippen molar-refractivity contribution in [2.24, 2.45) is 11.3 Å². The minimum absolute atomic E-state index is 0. The van der Waals surface area contributed by atoms with Crippen LogP contribution < -0.4 is 0 Å². The molecule has 0 atom stereocenters. The summed E-state index contributed by atoms with van der Waals surface area (Å²) < 4.78 is 0. The Morgan fingerprint density at radius 2 is 1.58 bits per heavy atom. The van der Waals surface area contributed by atoms with Crippen molar-refractivity contribution in [3.05, 3.63) is 77.9 Å². The number of allylic oxidation sites excluding steroid dienone is 5. The Kier molecular flexibility index (Phi) is 29.7. The minimum atomic E-state index is 0. The maximum Gasteiger partial charge on any atom is 0 e. The van der Waals surface area contributed by atoms with Gasteiger partial charge in [-0.15, -0.1) is 54.3 Å². The van der Waals surface area contributed by atoms with Crippen LogP contribution in [0.4, 0.5) is 0 Å². The van der Waals surface area contributed by atoms with Crippen LogP contribution in [0.2, 0.25) is 0 Å². The van der Waals surface area contributed by atoms with E-state index in [2.05, 4.69) is 91.3 Å². The van der Waals surface area contributed by atoms with E-state index in [1.54, 1.807) is 6.08 Å². The second-order valence-corrected chi connectivity index (χ2v) is 8.95. The molecule has 1 aromatic rings. The zero-order chi connectivity index (χ0) is 28.0. The molecule has 1 heteroatoms. The second kappa shape index (κ2) is 25.5. The Morgan fingerprint density at radius 3 is 1.92 bits per heavy atom. The predicted molar refractivity (Wildman–Crippen MR) is 165 cm³/mol. The van der Waals surface area contributed by atoms with E-state index in [-0.39, 0.29) is 38.1 Å². The summed E-state index contributed by atoms with van der Waals surface area (Å²) in [6.45, 7) is 36.8. The zero-order valence-electron chi connectivity index (χ0n) is 26.1. The van der Waals surface area contributed by atoms with E-state index in [1.807, 2.05) is 47.6 Å². The van der Waals surface area contributed by atoms with Gasteiger partial charge in [0.05, 0.1) is 0 Å². The number of benzene rings is 1. The third-order valence-electron chi connectivity index (χ3n) is 5.59. The normalized spacial score (nSPS) is 17.8. The summed E-state index contributed by atoms with van der Waals surface area (Å²) in [4.78, 5) is 0. The maximum absolute atomic E-state index is 4.29. The molecule has 1 saturated carbocycles.